The van der Waals surface area contributed by atoms with Crippen LogP contribution in [0.3, 0.4) is 0 Å². The Kier molecular flexibility index (Phi) is 9.13. The number of hydrogen-bond acceptors (Lipinski definition) is 3. The summed E-state index contributed by atoms with van der Waals surface area (Å²) >= 11 is 5.84. The molecule has 0 heterocycles. The van der Waals surface area contributed by atoms with Gasteiger partial charge in [0, 0.05) is 23.2 Å². The standard InChI is InChI=1S/C19H22ClN3O2.ClH/c1-3-21-13(2)12-22-19(25)16-6-4-5-7-17(16)23-18(24)14-8-10-15(20)11-9-14;/h4-11,13,21H,3,12H2,1-2H3,(H,22,25)(H,23,24);1H/t13-;/m1./s1. The summed E-state index contributed by atoms with van der Waals surface area (Å²) in [5.74, 6) is -0.519. The van der Waals surface area contributed by atoms with Crippen molar-refractivity contribution in [3.05, 3.63) is 64.7 Å². The maximum atomic E-state index is 12.4. The Morgan fingerprint density at radius 2 is 1.69 bits per heavy atom. The third-order valence-corrected chi connectivity index (χ3v) is 3.90. The predicted octanol–water partition coefficient (Wildman–Crippen LogP) is 3.74. The summed E-state index contributed by atoms with van der Waals surface area (Å²) < 4.78 is 0. The van der Waals surface area contributed by atoms with E-state index in [0.717, 1.165) is 6.54 Å². The number of hydrogen-bond donors (Lipinski definition) is 3. The molecule has 0 unspecified atom stereocenters. The number of benzene rings is 2. The second kappa shape index (κ2) is 10.8. The fraction of sp³-hybridized carbons (Fsp3) is 0.263. The molecule has 2 aromatic carbocycles. The normalized spacial score (nSPS) is 11.2. The van der Waals surface area contributed by atoms with Crippen LogP contribution in [0.2, 0.25) is 5.02 Å². The average Bonchev–Trinajstić information content (AvgIpc) is 2.61. The van der Waals surface area contributed by atoms with Crippen molar-refractivity contribution in [3.8, 4) is 0 Å². The van der Waals surface area contributed by atoms with Crippen molar-refractivity contribution in [2.24, 2.45) is 0 Å². The Hall–Kier alpha value is -2.08. The van der Waals surface area contributed by atoms with Crippen LogP contribution in [0.5, 0.6) is 0 Å². The van der Waals surface area contributed by atoms with Gasteiger partial charge in [-0.2, -0.15) is 0 Å². The highest BCUT2D eigenvalue weighted by Crippen LogP contribution is 2.17. The molecule has 0 bridgehead atoms. The molecule has 1 atom stereocenters. The van der Waals surface area contributed by atoms with E-state index >= 15 is 0 Å². The lowest BCUT2D eigenvalue weighted by Gasteiger charge is -2.15. The van der Waals surface area contributed by atoms with Gasteiger partial charge in [-0.1, -0.05) is 30.7 Å². The van der Waals surface area contributed by atoms with Crippen LogP contribution in [-0.4, -0.2) is 30.9 Å². The third kappa shape index (κ3) is 6.33. The number of halogens is 2. The number of amides is 2. The lowest BCUT2D eigenvalue weighted by atomic mass is 10.1. The molecule has 0 aliphatic heterocycles. The van der Waals surface area contributed by atoms with Gasteiger partial charge in [0.25, 0.3) is 11.8 Å². The maximum Gasteiger partial charge on any atom is 0.255 e. The van der Waals surface area contributed by atoms with Gasteiger partial charge in [0.15, 0.2) is 0 Å². The topological polar surface area (TPSA) is 70.2 Å². The van der Waals surface area contributed by atoms with E-state index < -0.39 is 0 Å². The summed E-state index contributed by atoms with van der Waals surface area (Å²) in [6.45, 7) is 5.36. The van der Waals surface area contributed by atoms with E-state index in [0.29, 0.717) is 28.4 Å². The first-order chi connectivity index (χ1) is 12.0. The smallest absolute Gasteiger partial charge is 0.255 e. The van der Waals surface area contributed by atoms with Crippen molar-refractivity contribution >= 4 is 41.5 Å². The van der Waals surface area contributed by atoms with Gasteiger partial charge >= 0.3 is 0 Å². The Morgan fingerprint density at radius 1 is 1.04 bits per heavy atom. The highest BCUT2D eigenvalue weighted by atomic mass is 35.5. The Labute approximate surface area is 164 Å². The van der Waals surface area contributed by atoms with Crippen molar-refractivity contribution < 1.29 is 9.59 Å². The van der Waals surface area contributed by atoms with Crippen LogP contribution in [0.4, 0.5) is 5.69 Å². The Morgan fingerprint density at radius 3 is 2.35 bits per heavy atom. The van der Waals surface area contributed by atoms with Crippen LogP contribution in [0.1, 0.15) is 34.6 Å². The molecule has 2 rings (SSSR count). The van der Waals surface area contributed by atoms with Crippen molar-refractivity contribution in [3.63, 3.8) is 0 Å². The molecule has 26 heavy (non-hydrogen) atoms. The van der Waals surface area contributed by atoms with Crippen LogP contribution < -0.4 is 16.0 Å². The lowest BCUT2D eigenvalue weighted by molar-refractivity contribution is 0.0951. The molecule has 0 saturated carbocycles. The van der Waals surface area contributed by atoms with Crippen LogP contribution in [0, 0.1) is 0 Å². The van der Waals surface area contributed by atoms with Gasteiger partial charge in [0.1, 0.15) is 0 Å². The number of para-hydroxylation sites is 1. The van der Waals surface area contributed by atoms with Gasteiger partial charge in [-0.05, 0) is 49.9 Å². The quantitative estimate of drug-likeness (QED) is 0.668. The zero-order valence-electron chi connectivity index (χ0n) is 14.7. The van der Waals surface area contributed by atoms with Crippen LogP contribution in [0.25, 0.3) is 0 Å². The van der Waals surface area contributed by atoms with E-state index in [2.05, 4.69) is 16.0 Å². The summed E-state index contributed by atoms with van der Waals surface area (Å²) in [6.07, 6.45) is 0. The number of nitrogens with one attached hydrogen (secondary N) is 3. The van der Waals surface area contributed by atoms with E-state index in [4.69, 9.17) is 11.6 Å². The molecule has 2 amide bonds. The first-order valence-corrected chi connectivity index (χ1v) is 8.56. The summed E-state index contributed by atoms with van der Waals surface area (Å²) in [6, 6.07) is 13.7. The minimum Gasteiger partial charge on any atom is -0.350 e. The molecule has 0 fully saturated rings. The van der Waals surface area contributed by atoms with Gasteiger partial charge in [-0.3, -0.25) is 9.59 Å². The van der Waals surface area contributed by atoms with E-state index in [1.807, 2.05) is 13.8 Å². The molecule has 0 spiro atoms. The summed E-state index contributed by atoms with van der Waals surface area (Å²) in [4.78, 5) is 24.8. The zero-order chi connectivity index (χ0) is 18.2. The lowest BCUT2D eigenvalue weighted by Crippen LogP contribution is -2.39. The van der Waals surface area contributed by atoms with Crippen molar-refractivity contribution in [2.45, 2.75) is 19.9 Å². The highest BCUT2D eigenvalue weighted by molar-refractivity contribution is 6.30. The van der Waals surface area contributed by atoms with Crippen LogP contribution in [0.15, 0.2) is 48.5 Å². The van der Waals surface area contributed by atoms with Crippen LogP contribution in [-0.2, 0) is 0 Å². The molecular weight excluding hydrogens is 373 g/mol. The summed E-state index contributed by atoms with van der Waals surface area (Å²) in [7, 11) is 0. The molecule has 5 nitrogen and oxygen atoms in total. The second-order valence-corrected chi connectivity index (χ2v) is 6.11. The fourth-order valence-electron chi connectivity index (χ4n) is 2.35. The number of carbonyl (C=O) groups excluding carboxylic acids is 2. The Bertz CT molecular complexity index is 736. The van der Waals surface area contributed by atoms with Crippen molar-refractivity contribution in [1.82, 2.24) is 10.6 Å². The van der Waals surface area contributed by atoms with Gasteiger partial charge in [0.2, 0.25) is 0 Å². The molecule has 7 heteroatoms. The predicted molar refractivity (Wildman–Crippen MR) is 109 cm³/mol. The highest BCUT2D eigenvalue weighted by Gasteiger charge is 2.14. The molecule has 2 aromatic rings. The molecule has 0 aromatic heterocycles. The molecular formula is C19H23Cl2N3O2. The van der Waals surface area contributed by atoms with E-state index in [9.17, 15) is 9.59 Å². The zero-order valence-corrected chi connectivity index (χ0v) is 16.3. The van der Waals surface area contributed by atoms with Crippen molar-refractivity contribution in [2.75, 3.05) is 18.4 Å². The molecule has 3 N–H and O–H groups in total. The average molecular weight is 396 g/mol. The first kappa shape index (κ1) is 22.0. The third-order valence-electron chi connectivity index (χ3n) is 3.65. The minimum atomic E-state index is -0.294. The number of rotatable bonds is 7. The number of anilines is 1. The van der Waals surface area contributed by atoms with Gasteiger partial charge in [0.05, 0.1) is 11.3 Å². The van der Waals surface area contributed by atoms with Gasteiger partial charge in [-0.25, -0.2) is 0 Å². The second-order valence-electron chi connectivity index (χ2n) is 5.68. The number of likely N-dealkylation sites (N-methyl/N-ethyl adjacent to an activating group) is 1. The largest absolute Gasteiger partial charge is 0.350 e. The van der Waals surface area contributed by atoms with E-state index in [-0.39, 0.29) is 30.3 Å². The monoisotopic (exact) mass is 395 g/mol. The Balaban J connectivity index is 0.00000338. The molecule has 0 aliphatic carbocycles. The molecule has 0 radical (unpaired) electrons. The SMILES string of the molecule is CCN[C@H](C)CNC(=O)c1ccccc1NC(=O)c1ccc(Cl)cc1.Cl. The van der Waals surface area contributed by atoms with E-state index in [1.54, 1.807) is 48.5 Å². The number of carbonyl (C=O) groups is 2. The fourth-order valence-corrected chi connectivity index (χ4v) is 2.47. The maximum absolute atomic E-state index is 12.4. The first-order valence-electron chi connectivity index (χ1n) is 8.18. The molecule has 140 valence electrons. The minimum absolute atomic E-state index is 0. The summed E-state index contributed by atoms with van der Waals surface area (Å²) in [5, 5.41) is 9.45. The summed E-state index contributed by atoms with van der Waals surface area (Å²) in [5.41, 5.74) is 1.37. The van der Waals surface area contributed by atoms with E-state index in [1.165, 1.54) is 0 Å². The van der Waals surface area contributed by atoms with Crippen molar-refractivity contribution in [1.29, 1.82) is 0 Å². The molecule has 0 saturated heterocycles. The van der Waals surface area contributed by atoms with Gasteiger partial charge in [-0.15, -0.1) is 12.4 Å². The van der Waals surface area contributed by atoms with Gasteiger partial charge < -0.3 is 16.0 Å². The van der Waals surface area contributed by atoms with Crippen LogP contribution >= 0.6 is 24.0 Å². The molecule has 0 aliphatic rings.